The maximum absolute atomic E-state index is 14.9. The van der Waals surface area contributed by atoms with E-state index < -0.39 is 295 Å². The van der Waals surface area contributed by atoms with Crippen molar-refractivity contribution in [3.8, 4) is 0 Å². The minimum absolute atomic E-state index is 0.0304. The Hall–Kier alpha value is -13.4. The van der Waals surface area contributed by atoms with Crippen LogP contribution in [0, 0.1) is 27.7 Å². The van der Waals surface area contributed by atoms with Crippen LogP contribution in [0.3, 0.4) is 0 Å². The quantitative estimate of drug-likeness (QED) is 0.0235. The molecule has 4 aliphatic rings. The topological polar surface area (TPSA) is 575 Å². The van der Waals surface area contributed by atoms with Gasteiger partial charge in [0.05, 0.1) is 22.3 Å². The summed E-state index contributed by atoms with van der Waals surface area (Å²) in [6.07, 6.45) is -28.1. The van der Waals surface area contributed by atoms with Gasteiger partial charge in [0, 0.05) is 88.0 Å². The molecule has 4 saturated heterocycles. The molecule has 0 unspecified atom stereocenters. The zero-order chi connectivity index (χ0) is 93.8. The summed E-state index contributed by atoms with van der Waals surface area (Å²) in [5.41, 5.74) is 2.83. The molecule has 4 aromatic rings. The first-order valence-electron chi connectivity index (χ1n) is 39.8. The van der Waals surface area contributed by atoms with E-state index in [-0.39, 0.29) is 22.3 Å². The van der Waals surface area contributed by atoms with Crippen LogP contribution in [0.25, 0.3) is 0 Å². The monoisotopic (exact) mass is 1800 g/mol. The highest BCUT2D eigenvalue weighted by molar-refractivity contribution is 5.95. The van der Waals surface area contributed by atoms with Crippen molar-refractivity contribution in [3.63, 3.8) is 0 Å². The van der Waals surface area contributed by atoms with Crippen molar-refractivity contribution in [1.82, 2.24) is 37.2 Å². The van der Waals surface area contributed by atoms with Crippen molar-refractivity contribution in [2.24, 2.45) is 0 Å². The molecular weight excluding hydrogens is 1700 g/mol. The van der Waals surface area contributed by atoms with Gasteiger partial charge in [-0.2, -0.15) is 0 Å². The van der Waals surface area contributed by atoms with Gasteiger partial charge in [0.2, 0.25) is 41.4 Å². The SMILES string of the molecule is CC(=O)OC[C@H]1O[C@@H](OCC(=O)N[C@H]2CNC(=O)[C@@H](NC(=O)CO[C@H]3O[C@H](COC(C)=O)[C@@H](OC(C)=O)[C@H](OC(C)=O)[C@@H]3OC(C)=O)CNC(=O)CCNC(=O)[C@@H](NC(=O)CO[C@@H]3O[C@H](COC(=O)c4ccc(C)cc4)[C@@H](OC(=O)c4ccc(C)cc4)[C@H](OC(=O)c4ccc(C)cc4)[C@H]3OC(=O)c3ccc(C)cc3)CNC2=O)[C@H](OC(C)=O)[C@@H](OC(C)=O)[C@H]1OC(C)=O. The lowest BCUT2D eigenvalue weighted by Crippen LogP contribution is -2.63. The van der Waals surface area contributed by atoms with Crippen molar-refractivity contribution in [3.05, 3.63) is 142 Å². The lowest BCUT2D eigenvalue weighted by atomic mass is 9.97. The number of benzene rings is 4. The Morgan fingerprint density at radius 1 is 0.305 bits per heavy atom. The Balaban J connectivity index is 1.11. The molecule has 128 heavy (non-hydrogen) atoms. The van der Waals surface area contributed by atoms with E-state index in [1.807, 2.05) is 0 Å². The summed E-state index contributed by atoms with van der Waals surface area (Å²) < 4.78 is 103. The molecule has 7 N–H and O–H groups in total. The molecule has 0 saturated carbocycles. The third-order valence-corrected chi connectivity index (χ3v) is 19.0. The van der Waals surface area contributed by atoms with Crippen molar-refractivity contribution in [2.45, 2.75) is 200 Å². The van der Waals surface area contributed by atoms with E-state index >= 15 is 0 Å². The zero-order valence-electron chi connectivity index (χ0n) is 71.5. The molecule has 0 radical (unpaired) electrons. The fourth-order valence-electron chi connectivity index (χ4n) is 13.0. The second kappa shape index (κ2) is 47.8. The molecule has 44 nitrogen and oxygen atoms in total. The van der Waals surface area contributed by atoms with E-state index in [9.17, 15) is 91.1 Å². The fraction of sp³-hybridized carbons (Fsp3) is 0.488. The lowest BCUT2D eigenvalue weighted by Gasteiger charge is -2.44. The van der Waals surface area contributed by atoms with Gasteiger partial charge in [-0.15, -0.1) is 0 Å². The highest BCUT2D eigenvalue weighted by Crippen LogP contribution is 2.35. The molecule has 692 valence electrons. The minimum Gasteiger partial charge on any atom is -0.463 e. The van der Waals surface area contributed by atoms with Crippen LogP contribution in [0.1, 0.15) is 125 Å². The minimum atomic E-state index is -2.11. The van der Waals surface area contributed by atoms with E-state index in [2.05, 4.69) is 37.2 Å². The predicted molar refractivity (Wildman–Crippen MR) is 425 cm³/mol. The average Bonchev–Trinajstić information content (AvgIpc) is 0.772. The highest BCUT2D eigenvalue weighted by Gasteiger charge is 2.57. The van der Waals surface area contributed by atoms with Gasteiger partial charge in [-0.3, -0.25) is 71.9 Å². The number of rotatable bonds is 31. The standard InChI is InChI=1S/C84H99N7O37/c1-40-13-21-52(22-14-40)78(107)113-36-61-68(126-79(108)53-23-15-41(2)16-24-53)71(127-80(109)54-25-17-42(3)18-26-54)74(128-81(110)55-27-19-43(4)20-28-55)84(125-61)116-39-64(102)90-57-32-87-77(106)58(91-65(103)38-115-83-73(122-51(12)99)70(120-49(10)97)67(118-47(8)95)60(124-83)35-112-45(6)93)33-88-76(105)56(31-86-62(100)29-30-85-75(57)104)89-63(101)37-114-82-72(121-50(11)98)69(119-48(9)96)66(117-46(7)94)59(123-82)34-111-44(5)92/h13-28,56-61,66-74,82-84H,29-39H2,1-12H3,(H,85,104)(H,86,100)(H,87,106)(H,88,105)(H,89,101)(H,90,102)(H,91,103)/t56-,57-,58-,59+,60+,61+,66+,67-,68+,69-,70-,71-,72-,73+,74+,82-,83+,84+/m0/s1. The van der Waals surface area contributed by atoms with Gasteiger partial charge in [0.15, 0.2) is 73.8 Å². The molecule has 4 aliphatic heterocycles. The summed E-state index contributed by atoms with van der Waals surface area (Å²) in [4.78, 5) is 257. The van der Waals surface area contributed by atoms with Crippen LogP contribution in [-0.2, 0) is 157 Å². The molecule has 0 bridgehead atoms. The molecule has 0 aliphatic carbocycles. The summed E-state index contributed by atoms with van der Waals surface area (Å²) in [7, 11) is 0. The number of hydrogen-bond donors (Lipinski definition) is 7. The molecule has 4 heterocycles. The maximum Gasteiger partial charge on any atom is 0.338 e. The van der Waals surface area contributed by atoms with Gasteiger partial charge in [-0.05, 0) is 76.2 Å². The van der Waals surface area contributed by atoms with Crippen LogP contribution in [0.4, 0.5) is 0 Å². The number of hydrogen-bond acceptors (Lipinski definition) is 37. The highest BCUT2D eigenvalue weighted by atomic mass is 16.8. The molecular formula is C84H99N7O37. The zero-order valence-corrected chi connectivity index (χ0v) is 71.5. The van der Waals surface area contributed by atoms with Gasteiger partial charge < -0.3 is 122 Å². The fourth-order valence-corrected chi connectivity index (χ4v) is 13.0. The van der Waals surface area contributed by atoms with Crippen LogP contribution in [0.5, 0.6) is 0 Å². The first-order chi connectivity index (χ1) is 60.7. The number of carbonyl (C=O) groups excluding carboxylic acids is 19. The van der Waals surface area contributed by atoms with Gasteiger partial charge in [0.25, 0.3) is 0 Å². The van der Waals surface area contributed by atoms with Gasteiger partial charge in [-0.25, -0.2) is 19.2 Å². The van der Waals surface area contributed by atoms with Crippen LogP contribution in [0.2, 0.25) is 0 Å². The van der Waals surface area contributed by atoms with E-state index in [1.54, 1.807) is 76.2 Å². The van der Waals surface area contributed by atoms with Crippen LogP contribution in [-0.4, -0.2) is 289 Å². The van der Waals surface area contributed by atoms with E-state index in [0.717, 1.165) is 72.1 Å². The molecule has 7 amide bonds. The van der Waals surface area contributed by atoms with Gasteiger partial charge in [-0.1, -0.05) is 70.8 Å². The van der Waals surface area contributed by atoms with Gasteiger partial charge >= 0.3 is 71.6 Å². The molecule has 44 heteroatoms. The van der Waals surface area contributed by atoms with Crippen LogP contribution < -0.4 is 37.2 Å². The first-order valence-corrected chi connectivity index (χ1v) is 39.8. The smallest absolute Gasteiger partial charge is 0.338 e. The number of carbonyl (C=O) groups is 19. The molecule has 4 fully saturated rings. The Morgan fingerprint density at radius 2 is 0.555 bits per heavy atom. The number of aryl methyl sites for hydroxylation is 4. The summed E-state index contributed by atoms with van der Waals surface area (Å²) in [6.45, 7) is 5.39. The number of amides is 7. The third-order valence-electron chi connectivity index (χ3n) is 19.0. The average molecular weight is 1800 g/mol. The van der Waals surface area contributed by atoms with Crippen molar-refractivity contribution in [2.75, 3.05) is 65.8 Å². The number of esters is 12. The summed E-state index contributed by atoms with van der Waals surface area (Å²) in [5.74, 6) is -20.4. The Bertz CT molecular complexity index is 4700. The van der Waals surface area contributed by atoms with Crippen molar-refractivity contribution >= 4 is 113 Å². The predicted octanol–water partition coefficient (Wildman–Crippen LogP) is -0.982. The summed E-state index contributed by atoms with van der Waals surface area (Å²) in [6, 6.07) is 18.3. The molecule has 18 atom stereocenters. The van der Waals surface area contributed by atoms with E-state index in [1.165, 1.54) is 48.5 Å². The number of ether oxygens (including phenoxy) is 18. The maximum atomic E-state index is 14.9. The number of nitrogens with one attached hydrogen (secondary N) is 7. The molecule has 0 spiro atoms. The Labute approximate surface area is 730 Å². The largest absolute Gasteiger partial charge is 0.463 e. The van der Waals surface area contributed by atoms with Gasteiger partial charge in [0.1, 0.15) is 76.1 Å². The lowest BCUT2D eigenvalue weighted by molar-refractivity contribution is -0.306. The summed E-state index contributed by atoms with van der Waals surface area (Å²) in [5, 5.41) is 16.6. The first kappa shape index (κ1) is 100.0. The summed E-state index contributed by atoms with van der Waals surface area (Å²) >= 11 is 0. The molecule has 8 rings (SSSR count). The van der Waals surface area contributed by atoms with Crippen LogP contribution in [0.15, 0.2) is 97.1 Å². The molecule has 4 aromatic carbocycles. The van der Waals surface area contributed by atoms with Crippen molar-refractivity contribution < 1.29 is 176 Å². The van der Waals surface area contributed by atoms with E-state index in [0.29, 0.717) is 5.56 Å². The Kier molecular flexibility index (Phi) is 37.3. The van der Waals surface area contributed by atoms with Crippen LogP contribution >= 0.6 is 0 Å². The second-order valence-corrected chi connectivity index (χ2v) is 29.5. The Morgan fingerprint density at radius 3 is 0.875 bits per heavy atom. The third kappa shape index (κ3) is 30.7. The van der Waals surface area contributed by atoms with E-state index in [4.69, 9.17) is 85.3 Å². The second-order valence-electron chi connectivity index (χ2n) is 29.5. The normalized spacial score (nSPS) is 24.9. The van der Waals surface area contributed by atoms with Crippen molar-refractivity contribution in [1.29, 1.82) is 0 Å². The molecule has 0 aromatic heterocycles.